The van der Waals surface area contributed by atoms with E-state index >= 15 is 0 Å². The molecular formula is C55H92O18. The Hall–Kier alpha value is -2.66. The molecule has 0 aliphatic carbocycles. The predicted octanol–water partition coefficient (Wildman–Crippen LogP) is 4.75. The van der Waals surface area contributed by atoms with Crippen LogP contribution in [0, 0.1) is 47.3 Å². The summed E-state index contributed by atoms with van der Waals surface area (Å²) in [6.45, 7) is 26.8. The number of ether oxygens (including phenoxy) is 8. The zero-order valence-corrected chi connectivity index (χ0v) is 45.5. The van der Waals surface area contributed by atoms with Gasteiger partial charge in [-0.25, -0.2) is 9.59 Å². The maximum atomic E-state index is 13.4. The van der Waals surface area contributed by atoms with Crippen LogP contribution in [0.5, 0.6) is 0 Å². The average molecular weight is 1040 g/mol. The number of carbonyl (C=O) groups excluding carboxylic acids is 2. The molecule has 0 amide bonds. The van der Waals surface area contributed by atoms with Gasteiger partial charge in [0.1, 0.15) is 24.4 Å². The van der Waals surface area contributed by atoms with Crippen molar-refractivity contribution in [2.75, 3.05) is 0 Å². The first kappa shape index (κ1) is 62.9. The molecule has 25 atom stereocenters. The molecule has 4 aliphatic heterocycles. The summed E-state index contributed by atoms with van der Waals surface area (Å²) >= 11 is 0. The molecule has 4 fully saturated rings. The summed E-state index contributed by atoms with van der Waals surface area (Å²) < 4.78 is 48.8. The third-order valence-corrected chi connectivity index (χ3v) is 16.2. The topological polar surface area (TPSA) is 270 Å². The van der Waals surface area contributed by atoms with Crippen molar-refractivity contribution in [1.29, 1.82) is 0 Å². The van der Waals surface area contributed by atoms with Crippen LogP contribution in [-0.4, -0.2) is 162 Å². The van der Waals surface area contributed by atoms with Crippen LogP contribution in [-0.2, 0) is 47.5 Å². The van der Waals surface area contributed by atoms with Gasteiger partial charge in [0.15, 0.2) is 24.2 Å². The SMILES string of the molecule is C=C/C=C/C(=O)O[C@H]([C@H](C)[C@H](O)[C@H](C)[C@]1(O)C[C@@H](O[C@H]2C[C@@H](O)[C@H](O)[C@@H](C)O2)[C@H](CC)[C@@H](C)O1)[C@@H](C)/C=C/C=C/C(=O)O[C@H](C(C)C)[C@@H](C)[C@@H](O)[C@@H](C)[C@@]1(O)C[C@@H](O[C@H]2C[C@@H](O)[C@H](O)[C@@H](C)O2)[C@H](CC)[C@@H](C)O1. The third kappa shape index (κ3) is 16.0. The van der Waals surface area contributed by atoms with E-state index in [9.17, 15) is 50.4 Å². The lowest BCUT2D eigenvalue weighted by atomic mass is 9.76. The molecule has 420 valence electrons. The number of hydrogen-bond donors (Lipinski definition) is 8. The van der Waals surface area contributed by atoms with Crippen LogP contribution in [0.4, 0.5) is 0 Å². The first-order chi connectivity index (χ1) is 34.1. The molecule has 18 heteroatoms. The molecule has 0 aromatic carbocycles. The van der Waals surface area contributed by atoms with Gasteiger partial charge in [0.25, 0.3) is 0 Å². The number of carbonyl (C=O) groups is 2. The van der Waals surface area contributed by atoms with Crippen LogP contribution < -0.4 is 0 Å². The molecule has 4 aliphatic rings. The maximum Gasteiger partial charge on any atom is 0.331 e. The molecule has 0 aromatic rings. The Bertz CT molecular complexity index is 1800. The third-order valence-electron chi connectivity index (χ3n) is 16.2. The molecule has 18 nitrogen and oxygen atoms in total. The summed E-state index contributed by atoms with van der Waals surface area (Å²) in [6.07, 6.45) is -2.10. The second kappa shape index (κ2) is 27.6. The minimum atomic E-state index is -1.89. The fourth-order valence-corrected chi connectivity index (χ4v) is 11.4. The molecule has 0 unspecified atom stereocenters. The summed E-state index contributed by atoms with van der Waals surface area (Å²) in [5, 5.41) is 89.3. The normalized spacial score (nSPS) is 39.4. The lowest BCUT2D eigenvalue weighted by Crippen LogP contribution is -2.59. The van der Waals surface area contributed by atoms with Gasteiger partial charge in [-0.2, -0.15) is 0 Å². The van der Waals surface area contributed by atoms with Crippen molar-refractivity contribution in [2.24, 2.45) is 47.3 Å². The van der Waals surface area contributed by atoms with E-state index in [4.69, 9.17) is 37.9 Å². The molecule has 0 radical (unpaired) electrons. The van der Waals surface area contributed by atoms with Crippen molar-refractivity contribution in [3.05, 3.63) is 49.1 Å². The Morgan fingerprint density at radius 3 is 1.41 bits per heavy atom. The Balaban J connectivity index is 1.44. The number of rotatable bonds is 23. The van der Waals surface area contributed by atoms with Gasteiger partial charge < -0.3 is 78.7 Å². The Morgan fingerprint density at radius 2 is 1.03 bits per heavy atom. The van der Waals surface area contributed by atoms with E-state index < -0.39 is 151 Å². The lowest BCUT2D eigenvalue weighted by molar-refractivity contribution is -0.345. The summed E-state index contributed by atoms with van der Waals surface area (Å²) in [6, 6.07) is 0. The maximum absolute atomic E-state index is 13.4. The van der Waals surface area contributed by atoms with Gasteiger partial charge in [-0.3, -0.25) is 0 Å². The van der Waals surface area contributed by atoms with E-state index in [1.54, 1.807) is 60.6 Å². The molecular weight excluding hydrogens is 949 g/mol. The Kier molecular flexibility index (Phi) is 23.8. The first-order valence-corrected chi connectivity index (χ1v) is 26.7. The summed E-state index contributed by atoms with van der Waals surface area (Å²) in [4.78, 5) is 26.4. The highest BCUT2D eigenvalue weighted by Crippen LogP contribution is 2.45. The number of esters is 2. The van der Waals surface area contributed by atoms with Gasteiger partial charge >= 0.3 is 11.9 Å². The minimum Gasteiger partial charge on any atom is -0.459 e. The standard InChI is InChI=1S/C55H92O18/c1-15-18-22-44(58)71-53(31(8)49(61)33(10)55(65)27-43(39(17-3)35(12)73-55)69-47-25-41(57)51(63)37(14)67-47)29(6)21-19-20-23-45(59)70-52(28(4)5)30(7)48(60)32(9)54(64)26-42(38(16-2)34(11)72-54)68-46-24-40(56)50(62)36(13)66-46/h15,18-23,28-43,46-53,56-57,60-65H,1,16-17,24-27H2,2-14H3/b21-19+,22-18+,23-20+/t29-,30-,31+,32+,33-,34+,35+,36+,37+,38+,39+,40+,41+,42+,43+,46-,47-,48+,49-,50+,51+,52+,53-,54+,55-/m0/s1. The molecule has 4 rings (SSSR count). The van der Waals surface area contributed by atoms with Crippen LogP contribution in [0.2, 0.25) is 0 Å². The highest BCUT2D eigenvalue weighted by Gasteiger charge is 2.54. The summed E-state index contributed by atoms with van der Waals surface area (Å²) in [7, 11) is 0. The number of hydrogen-bond acceptors (Lipinski definition) is 18. The second-order valence-corrected chi connectivity index (χ2v) is 21.9. The fourth-order valence-electron chi connectivity index (χ4n) is 11.4. The van der Waals surface area contributed by atoms with E-state index in [2.05, 4.69) is 6.58 Å². The van der Waals surface area contributed by atoms with Gasteiger partial charge in [0.2, 0.25) is 0 Å². The smallest absolute Gasteiger partial charge is 0.331 e. The summed E-state index contributed by atoms with van der Waals surface area (Å²) in [5.74, 6) is -9.43. The molecule has 0 bridgehead atoms. The number of aliphatic hydroxyl groups excluding tert-OH is 6. The second-order valence-electron chi connectivity index (χ2n) is 21.9. The molecule has 4 saturated heterocycles. The molecule has 4 heterocycles. The highest BCUT2D eigenvalue weighted by molar-refractivity contribution is 5.83. The van der Waals surface area contributed by atoms with Gasteiger partial charge in [0, 0.05) is 79.3 Å². The zero-order valence-electron chi connectivity index (χ0n) is 45.5. The quantitative estimate of drug-likeness (QED) is 0.0390. The number of aliphatic hydroxyl groups is 8. The van der Waals surface area contributed by atoms with Gasteiger partial charge in [0.05, 0.1) is 61.0 Å². The molecule has 73 heavy (non-hydrogen) atoms. The van der Waals surface area contributed by atoms with Crippen molar-refractivity contribution < 1.29 is 88.3 Å². The van der Waals surface area contributed by atoms with E-state index in [-0.39, 0.29) is 43.4 Å². The van der Waals surface area contributed by atoms with E-state index in [0.29, 0.717) is 12.8 Å². The largest absolute Gasteiger partial charge is 0.459 e. The first-order valence-electron chi connectivity index (χ1n) is 26.7. The lowest BCUT2D eigenvalue weighted by Gasteiger charge is -2.50. The fraction of sp³-hybridized carbons (Fsp3) is 0.818. The van der Waals surface area contributed by atoms with Crippen LogP contribution in [0.3, 0.4) is 0 Å². The number of allylic oxidation sites excluding steroid dienone is 4. The van der Waals surface area contributed by atoms with Crippen LogP contribution in [0.25, 0.3) is 0 Å². The van der Waals surface area contributed by atoms with Crippen molar-refractivity contribution in [3.8, 4) is 0 Å². The average Bonchev–Trinajstić information content (AvgIpc) is 3.32. The Labute approximate surface area is 433 Å². The van der Waals surface area contributed by atoms with Crippen LogP contribution in [0.15, 0.2) is 49.1 Å². The van der Waals surface area contributed by atoms with Crippen molar-refractivity contribution in [2.45, 2.75) is 238 Å². The summed E-state index contributed by atoms with van der Waals surface area (Å²) in [5.41, 5.74) is 0. The monoisotopic (exact) mass is 1040 g/mol. The van der Waals surface area contributed by atoms with Crippen molar-refractivity contribution >= 4 is 11.9 Å². The Morgan fingerprint density at radius 1 is 0.630 bits per heavy atom. The van der Waals surface area contributed by atoms with E-state index in [0.717, 1.165) is 0 Å². The van der Waals surface area contributed by atoms with Gasteiger partial charge in [-0.15, -0.1) is 0 Å². The highest BCUT2D eigenvalue weighted by atomic mass is 16.7. The van der Waals surface area contributed by atoms with E-state index in [1.807, 2.05) is 41.5 Å². The minimum absolute atomic E-state index is 0.00253. The zero-order chi connectivity index (χ0) is 54.9. The molecule has 0 aromatic heterocycles. The molecule has 8 N–H and O–H groups in total. The van der Waals surface area contributed by atoms with Gasteiger partial charge in [-0.05, 0) is 46.5 Å². The molecule has 0 saturated carbocycles. The van der Waals surface area contributed by atoms with Crippen LogP contribution in [0.1, 0.15) is 129 Å². The predicted molar refractivity (Wildman–Crippen MR) is 270 cm³/mol. The van der Waals surface area contributed by atoms with Crippen LogP contribution >= 0.6 is 0 Å². The van der Waals surface area contributed by atoms with Crippen molar-refractivity contribution in [1.82, 2.24) is 0 Å². The van der Waals surface area contributed by atoms with Crippen molar-refractivity contribution in [3.63, 3.8) is 0 Å². The van der Waals surface area contributed by atoms with E-state index in [1.165, 1.54) is 30.4 Å². The van der Waals surface area contributed by atoms with Gasteiger partial charge in [-0.1, -0.05) is 99.3 Å². The molecule has 0 spiro atoms.